The van der Waals surface area contributed by atoms with Crippen LogP contribution in [-0.4, -0.2) is 53.4 Å². The molecule has 1 saturated heterocycles. The van der Waals surface area contributed by atoms with Crippen molar-refractivity contribution in [1.29, 1.82) is 0 Å². The zero-order valence-corrected chi connectivity index (χ0v) is 13.4. The Morgan fingerprint density at radius 1 is 1.45 bits per heavy atom. The molecule has 2 atom stereocenters. The van der Waals surface area contributed by atoms with Crippen molar-refractivity contribution in [3.05, 3.63) is 0 Å². The molecule has 1 spiro atoms. The number of ether oxygens (including phenoxy) is 1. The molecule has 0 bridgehead atoms. The number of rotatable bonds is 3. The lowest BCUT2D eigenvalue weighted by Crippen LogP contribution is -2.64. The van der Waals surface area contributed by atoms with Crippen LogP contribution in [0, 0.1) is 5.41 Å². The van der Waals surface area contributed by atoms with Gasteiger partial charge >= 0.3 is 0 Å². The summed E-state index contributed by atoms with van der Waals surface area (Å²) in [5, 5.41) is 10.1. The quantitative estimate of drug-likeness (QED) is 0.813. The fraction of sp³-hybridized carbons (Fsp3) is 0.929. The number of aliphatic hydroxyl groups is 1. The number of piperidine rings is 1. The van der Waals surface area contributed by atoms with Gasteiger partial charge in [-0.3, -0.25) is 4.79 Å². The van der Waals surface area contributed by atoms with Crippen molar-refractivity contribution >= 4 is 18.3 Å². The van der Waals surface area contributed by atoms with E-state index < -0.39 is 5.54 Å². The number of hydrogen-bond acceptors (Lipinski definition) is 4. The Kier molecular flexibility index (Phi) is 5.46. The van der Waals surface area contributed by atoms with E-state index in [-0.39, 0.29) is 35.9 Å². The summed E-state index contributed by atoms with van der Waals surface area (Å²) in [6, 6.07) is 0. The van der Waals surface area contributed by atoms with Gasteiger partial charge in [0.15, 0.2) is 0 Å². The van der Waals surface area contributed by atoms with Crippen molar-refractivity contribution in [3.63, 3.8) is 0 Å². The second kappa shape index (κ2) is 6.18. The molecule has 1 saturated carbocycles. The smallest absolute Gasteiger partial charge is 0.242 e. The number of nitrogens with zero attached hydrogens (tertiary/aromatic N) is 1. The number of halogens is 1. The zero-order chi connectivity index (χ0) is 14.3. The molecule has 1 heterocycles. The highest BCUT2D eigenvalue weighted by Crippen LogP contribution is 2.51. The Bertz CT molecular complexity index is 347. The molecule has 2 rings (SSSR count). The van der Waals surface area contributed by atoms with Crippen LogP contribution in [-0.2, 0) is 9.53 Å². The maximum atomic E-state index is 12.1. The number of hydrogen-bond donors (Lipinski definition) is 2. The molecule has 20 heavy (non-hydrogen) atoms. The van der Waals surface area contributed by atoms with E-state index in [1.54, 1.807) is 13.8 Å². The van der Waals surface area contributed by atoms with E-state index in [0.29, 0.717) is 19.7 Å². The van der Waals surface area contributed by atoms with Gasteiger partial charge in [-0.25, -0.2) is 0 Å². The molecule has 0 aromatic heterocycles. The number of aliphatic hydroxyl groups excluding tert-OH is 1. The number of amides is 1. The molecule has 6 heteroatoms. The maximum Gasteiger partial charge on any atom is 0.242 e. The van der Waals surface area contributed by atoms with E-state index in [2.05, 4.69) is 0 Å². The van der Waals surface area contributed by atoms with Crippen molar-refractivity contribution in [3.8, 4) is 0 Å². The SMILES string of the molecule is CCOC1CC(O)C12CCN(C(=O)C(C)(C)N)CC2.Cl. The van der Waals surface area contributed by atoms with Gasteiger partial charge < -0.3 is 20.5 Å². The van der Waals surface area contributed by atoms with Gasteiger partial charge in [0.25, 0.3) is 0 Å². The van der Waals surface area contributed by atoms with E-state index in [0.717, 1.165) is 19.3 Å². The normalized spacial score (nSPS) is 28.8. The van der Waals surface area contributed by atoms with Gasteiger partial charge in [0.2, 0.25) is 5.91 Å². The maximum absolute atomic E-state index is 12.1. The topological polar surface area (TPSA) is 75.8 Å². The third-order valence-electron chi connectivity index (χ3n) is 4.64. The first kappa shape index (κ1) is 17.7. The fourth-order valence-corrected chi connectivity index (χ4v) is 3.35. The number of carbonyl (C=O) groups excluding carboxylic acids is 1. The summed E-state index contributed by atoms with van der Waals surface area (Å²) < 4.78 is 5.72. The Labute approximate surface area is 127 Å². The lowest BCUT2D eigenvalue weighted by Gasteiger charge is -2.56. The predicted molar refractivity (Wildman–Crippen MR) is 79.8 cm³/mol. The molecule has 5 nitrogen and oxygen atoms in total. The van der Waals surface area contributed by atoms with Gasteiger partial charge in [0.05, 0.1) is 17.7 Å². The van der Waals surface area contributed by atoms with Crippen LogP contribution in [0.4, 0.5) is 0 Å². The van der Waals surface area contributed by atoms with Crippen LogP contribution in [0.15, 0.2) is 0 Å². The summed E-state index contributed by atoms with van der Waals surface area (Å²) in [6.07, 6.45) is 2.20. The van der Waals surface area contributed by atoms with Crippen LogP contribution < -0.4 is 5.73 Å². The van der Waals surface area contributed by atoms with E-state index in [1.165, 1.54) is 0 Å². The number of carbonyl (C=O) groups is 1. The van der Waals surface area contributed by atoms with Crippen LogP contribution in [0.2, 0.25) is 0 Å². The standard InChI is InChI=1S/C14H26N2O3.ClH/c1-4-19-11-9-10(17)14(11)5-7-16(8-6-14)12(18)13(2,3)15;/h10-11,17H,4-9,15H2,1-3H3;1H. The average Bonchev–Trinajstić information content (AvgIpc) is 2.37. The van der Waals surface area contributed by atoms with Crippen LogP contribution in [0.3, 0.4) is 0 Å². The third-order valence-corrected chi connectivity index (χ3v) is 4.64. The summed E-state index contributed by atoms with van der Waals surface area (Å²) in [5.41, 5.74) is 4.91. The van der Waals surface area contributed by atoms with Gasteiger partial charge in [-0.1, -0.05) is 0 Å². The lowest BCUT2D eigenvalue weighted by atomic mass is 9.58. The lowest BCUT2D eigenvalue weighted by molar-refractivity contribution is -0.210. The summed E-state index contributed by atoms with van der Waals surface area (Å²) in [5.74, 6) is -0.0101. The summed E-state index contributed by atoms with van der Waals surface area (Å²) in [6.45, 7) is 7.47. The first-order valence-electron chi connectivity index (χ1n) is 7.19. The molecular weight excluding hydrogens is 280 g/mol. The van der Waals surface area contributed by atoms with Gasteiger partial charge in [0.1, 0.15) is 0 Å². The molecule has 0 aromatic rings. The highest BCUT2D eigenvalue weighted by Gasteiger charge is 2.56. The summed E-state index contributed by atoms with van der Waals surface area (Å²) in [7, 11) is 0. The van der Waals surface area contributed by atoms with Crippen LogP contribution >= 0.6 is 12.4 Å². The highest BCUT2D eigenvalue weighted by atomic mass is 35.5. The average molecular weight is 307 g/mol. The van der Waals surface area contributed by atoms with Gasteiger partial charge in [0, 0.05) is 31.5 Å². The zero-order valence-electron chi connectivity index (χ0n) is 12.6. The van der Waals surface area contributed by atoms with E-state index in [4.69, 9.17) is 10.5 Å². The van der Waals surface area contributed by atoms with E-state index >= 15 is 0 Å². The molecule has 118 valence electrons. The minimum atomic E-state index is -0.817. The number of likely N-dealkylation sites (tertiary alicyclic amines) is 1. The predicted octanol–water partition coefficient (Wildman–Crippen LogP) is 0.924. The van der Waals surface area contributed by atoms with Gasteiger partial charge in [-0.15, -0.1) is 12.4 Å². The summed E-state index contributed by atoms with van der Waals surface area (Å²) in [4.78, 5) is 14.0. The Balaban J connectivity index is 0.00000200. The van der Waals surface area contributed by atoms with Crippen LogP contribution in [0.1, 0.15) is 40.0 Å². The van der Waals surface area contributed by atoms with Crippen molar-refractivity contribution in [2.75, 3.05) is 19.7 Å². The molecular formula is C14H27ClN2O3. The molecule has 2 fully saturated rings. The molecule has 2 unspecified atom stereocenters. The second-order valence-electron chi connectivity index (χ2n) is 6.44. The second-order valence-corrected chi connectivity index (χ2v) is 6.44. The Morgan fingerprint density at radius 2 is 2.00 bits per heavy atom. The third kappa shape index (κ3) is 2.96. The molecule has 0 aromatic carbocycles. The Morgan fingerprint density at radius 3 is 2.40 bits per heavy atom. The molecule has 2 aliphatic rings. The van der Waals surface area contributed by atoms with Gasteiger partial charge in [-0.05, 0) is 33.6 Å². The highest BCUT2D eigenvalue weighted by molar-refractivity contribution is 5.85. The largest absolute Gasteiger partial charge is 0.392 e. The monoisotopic (exact) mass is 306 g/mol. The molecule has 3 N–H and O–H groups in total. The first-order chi connectivity index (χ1) is 8.81. The van der Waals surface area contributed by atoms with E-state index in [9.17, 15) is 9.90 Å². The van der Waals surface area contributed by atoms with E-state index in [1.807, 2.05) is 11.8 Å². The summed E-state index contributed by atoms with van der Waals surface area (Å²) >= 11 is 0. The first-order valence-corrected chi connectivity index (χ1v) is 7.19. The minimum absolute atomic E-state index is 0. The number of nitrogens with two attached hydrogens (primary N) is 1. The molecule has 0 radical (unpaired) electrons. The fourth-order valence-electron chi connectivity index (χ4n) is 3.35. The molecule has 1 amide bonds. The van der Waals surface area contributed by atoms with Gasteiger partial charge in [-0.2, -0.15) is 0 Å². The van der Waals surface area contributed by atoms with Crippen molar-refractivity contribution in [2.45, 2.75) is 57.8 Å². The minimum Gasteiger partial charge on any atom is -0.392 e. The van der Waals surface area contributed by atoms with Crippen molar-refractivity contribution < 1.29 is 14.6 Å². The van der Waals surface area contributed by atoms with Crippen molar-refractivity contribution in [2.24, 2.45) is 11.1 Å². The molecule has 1 aliphatic carbocycles. The Hall–Kier alpha value is -0.360. The molecule has 1 aliphatic heterocycles. The van der Waals surface area contributed by atoms with Crippen molar-refractivity contribution in [1.82, 2.24) is 4.90 Å². The van der Waals surface area contributed by atoms with Crippen LogP contribution in [0.25, 0.3) is 0 Å². The van der Waals surface area contributed by atoms with Crippen LogP contribution in [0.5, 0.6) is 0 Å².